The van der Waals surface area contributed by atoms with E-state index in [1.807, 2.05) is 0 Å². The highest BCUT2D eigenvalue weighted by atomic mass is 32.2. The molecule has 1 aliphatic heterocycles. The lowest BCUT2D eigenvalue weighted by Gasteiger charge is -2.20. The van der Waals surface area contributed by atoms with Gasteiger partial charge in [0.2, 0.25) is 0 Å². The normalized spacial score (nSPS) is 21.9. The van der Waals surface area contributed by atoms with Crippen molar-refractivity contribution in [1.29, 1.82) is 0 Å². The Morgan fingerprint density at radius 3 is 2.30 bits per heavy atom. The van der Waals surface area contributed by atoms with E-state index in [-0.39, 0.29) is 23.0 Å². The molecule has 3 rings (SSSR count). The molecule has 0 aliphatic carbocycles. The predicted octanol–water partition coefficient (Wildman–Crippen LogP) is 1.56. The lowest BCUT2D eigenvalue weighted by Crippen LogP contribution is -2.43. The molecular formula is C18H20FNO5S2. The fourth-order valence-electron chi connectivity index (χ4n) is 3.10. The topological polar surface area (TPSA) is 89.5 Å². The van der Waals surface area contributed by atoms with E-state index in [9.17, 15) is 21.2 Å². The molecule has 0 saturated carbocycles. The maximum Gasteiger partial charge on any atom is 0.183 e. The first kappa shape index (κ1) is 19.8. The molecule has 2 aromatic rings. The molecule has 27 heavy (non-hydrogen) atoms. The van der Waals surface area contributed by atoms with E-state index < -0.39 is 36.7 Å². The largest absolute Gasteiger partial charge is 0.497 e. The Morgan fingerprint density at radius 2 is 1.70 bits per heavy atom. The minimum absolute atomic E-state index is 0.0546. The van der Waals surface area contributed by atoms with Crippen LogP contribution >= 0.6 is 0 Å². The van der Waals surface area contributed by atoms with Gasteiger partial charge in [0.25, 0.3) is 0 Å². The van der Waals surface area contributed by atoms with Gasteiger partial charge in [0.15, 0.2) is 19.7 Å². The van der Waals surface area contributed by atoms with Crippen LogP contribution in [0.3, 0.4) is 0 Å². The van der Waals surface area contributed by atoms with Gasteiger partial charge in [0.1, 0.15) is 11.6 Å². The number of sulfone groups is 2. The highest BCUT2D eigenvalue weighted by Crippen LogP contribution is 2.27. The van der Waals surface area contributed by atoms with Crippen molar-refractivity contribution < 1.29 is 26.0 Å². The number of benzene rings is 2. The molecule has 2 atom stereocenters. The third-order valence-corrected chi connectivity index (χ3v) is 8.74. The fraction of sp³-hybridized carbons (Fsp3) is 0.333. The number of hydrogen-bond donors (Lipinski definition) is 1. The van der Waals surface area contributed by atoms with Gasteiger partial charge in [-0.25, -0.2) is 21.2 Å². The van der Waals surface area contributed by atoms with E-state index in [0.717, 1.165) is 5.56 Å². The van der Waals surface area contributed by atoms with Crippen molar-refractivity contribution >= 4 is 19.7 Å². The summed E-state index contributed by atoms with van der Waals surface area (Å²) in [6.07, 6.45) is 0. The Kier molecular flexibility index (Phi) is 5.55. The number of ether oxygens (including phenoxy) is 1. The monoisotopic (exact) mass is 413 g/mol. The molecule has 6 nitrogen and oxygen atoms in total. The van der Waals surface area contributed by atoms with Crippen LogP contribution in [0.4, 0.5) is 4.39 Å². The van der Waals surface area contributed by atoms with Crippen molar-refractivity contribution in [2.45, 2.75) is 22.7 Å². The molecule has 0 radical (unpaired) electrons. The summed E-state index contributed by atoms with van der Waals surface area (Å²) in [5, 5.41) is 1.93. The van der Waals surface area contributed by atoms with Gasteiger partial charge < -0.3 is 10.1 Å². The van der Waals surface area contributed by atoms with Crippen LogP contribution < -0.4 is 10.1 Å². The molecule has 146 valence electrons. The highest BCUT2D eigenvalue weighted by molar-refractivity contribution is 7.96. The average Bonchev–Trinajstić information content (AvgIpc) is 2.97. The van der Waals surface area contributed by atoms with Gasteiger partial charge in [0, 0.05) is 12.6 Å². The van der Waals surface area contributed by atoms with Gasteiger partial charge in [-0.15, -0.1) is 0 Å². The molecule has 1 N–H and O–H groups in total. The fourth-order valence-corrected chi connectivity index (χ4v) is 7.82. The molecule has 0 bridgehead atoms. The van der Waals surface area contributed by atoms with Crippen molar-refractivity contribution in [2.75, 3.05) is 18.6 Å². The van der Waals surface area contributed by atoms with Crippen molar-refractivity contribution in [3.8, 4) is 5.75 Å². The van der Waals surface area contributed by atoms with Crippen molar-refractivity contribution in [3.05, 3.63) is 59.9 Å². The summed E-state index contributed by atoms with van der Waals surface area (Å²) in [4.78, 5) is 0.0546. The minimum Gasteiger partial charge on any atom is -0.497 e. The van der Waals surface area contributed by atoms with E-state index in [1.54, 1.807) is 12.1 Å². The Labute approximate surface area is 158 Å². The van der Waals surface area contributed by atoms with Gasteiger partial charge in [-0.05, 0) is 42.0 Å². The number of hydrogen-bond acceptors (Lipinski definition) is 6. The summed E-state index contributed by atoms with van der Waals surface area (Å²) in [6, 6.07) is 10.9. The van der Waals surface area contributed by atoms with Gasteiger partial charge in [-0.3, -0.25) is 0 Å². The summed E-state index contributed by atoms with van der Waals surface area (Å²) < 4.78 is 68.2. The van der Waals surface area contributed by atoms with Crippen LogP contribution in [0, 0.1) is 5.82 Å². The first-order chi connectivity index (χ1) is 12.7. The second-order valence-corrected chi connectivity index (χ2v) is 10.8. The van der Waals surface area contributed by atoms with Crippen molar-refractivity contribution in [1.82, 2.24) is 5.32 Å². The molecule has 2 aromatic carbocycles. The van der Waals surface area contributed by atoms with Crippen molar-refractivity contribution in [2.24, 2.45) is 0 Å². The lowest BCUT2D eigenvalue weighted by molar-refractivity contribution is 0.414. The van der Waals surface area contributed by atoms with Crippen LogP contribution in [0.5, 0.6) is 5.75 Å². The Bertz CT molecular complexity index is 1000. The van der Waals surface area contributed by atoms with Gasteiger partial charge in [0.05, 0.1) is 28.8 Å². The molecule has 1 saturated heterocycles. The van der Waals surface area contributed by atoms with Crippen LogP contribution in [0.15, 0.2) is 53.4 Å². The molecule has 1 heterocycles. The molecule has 0 amide bonds. The zero-order chi connectivity index (χ0) is 19.7. The highest BCUT2D eigenvalue weighted by Gasteiger charge is 2.45. The van der Waals surface area contributed by atoms with Gasteiger partial charge >= 0.3 is 0 Å². The molecule has 1 aliphatic rings. The summed E-state index contributed by atoms with van der Waals surface area (Å²) in [5.74, 6) is -0.544. The van der Waals surface area contributed by atoms with Gasteiger partial charge in [-0.2, -0.15) is 0 Å². The second-order valence-electron chi connectivity index (χ2n) is 6.45. The van der Waals surface area contributed by atoms with Gasteiger partial charge in [-0.1, -0.05) is 12.1 Å². The van der Waals surface area contributed by atoms with E-state index >= 15 is 0 Å². The molecule has 0 aromatic heterocycles. The van der Waals surface area contributed by atoms with E-state index in [4.69, 9.17) is 4.74 Å². The Hall–Kier alpha value is -1.97. The van der Waals surface area contributed by atoms with E-state index in [2.05, 4.69) is 5.32 Å². The zero-order valence-corrected chi connectivity index (χ0v) is 16.3. The maximum absolute atomic E-state index is 13.0. The molecule has 1 fully saturated rings. The SMILES string of the molecule is COc1ccc(S(=O)(=O)[C@@H]2CS(=O)(=O)C[C@H]2NCc2ccc(F)cc2)cc1. The Balaban J connectivity index is 1.82. The maximum atomic E-state index is 13.0. The smallest absolute Gasteiger partial charge is 0.183 e. The lowest BCUT2D eigenvalue weighted by atomic mass is 10.2. The van der Waals surface area contributed by atoms with Crippen LogP contribution in [0.1, 0.15) is 5.56 Å². The third kappa shape index (κ3) is 4.48. The standard InChI is InChI=1S/C18H20FNO5S2/c1-25-15-6-8-16(9-7-15)27(23,24)18-12-26(21,22)11-17(18)20-10-13-2-4-14(19)5-3-13/h2-9,17-18,20H,10-12H2,1H3/t17-,18-/m1/s1. The van der Waals surface area contributed by atoms with E-state index in [0.29, 0.717) is 5.75 Å². The first-order valence-electron chi connectivity index (χ1n) is 8.27. The quantitative estimate of drug-likeness (QED) is 0.773. The Morgan fingerprint density at radius 1 is 1.07 bits per heavy atom. The number of nitrogens with one attached hydrogen (secondary N) is 1. The zero-order valence-electron chi connectivity index (χ0n) is 14.6. The van der Waals surface area contributed by atoms with Crippen molar-refractivity contribution in [3.63, 3.8) is 0 Å². The first-order valence-corrected chi connectivity index (χ1v) is 11.6. The molecular weight excluding hydrogens is 393 g/mol. The minimum atomic E-state index is -3.85. The van der Waals surface area contributed by atoms with Crippen LogP contribution in [-0.4, -0.2) is 46.7 Å². The second kappa shape index (κ2) is 7.57. The predicted molar refractivity (Wildman–Crippen MR) is 99.6 cm³/mol. The van der Waals surface area contributed by atoms with Crippen LogP contribution in [-0.2, 0) is 26.2 Å². The van der Waals surface area contributed by atoms with Crippen LogP contribution in [0.2, 0.25) is 0 Å². The average molecular weight is 413 g/mol. The summed E-state index contributed by atoms with van der Waals surface area (Å²) in [7, 11) is -5.86. The summed E-state index contributed by atoms with van der Waals surface area (Å²) in [6.45, 7) is 0.245. The third-order valence-electron chi connectivity index (χ3n) is 4.57. The van der Waals surface area contributed by atoms with Crippen LogP contribution in [0.25, 0.3) is 0 Å². The molecule has 0 unspecified atom stereocenters. The number of rotatable bonds is 6. The number of halogens is 1. The number of methoxy groups -OCH3 is 1. The van der Waals surface area contributed by atoms with E-state index in [1.165, 1.54) is 43.5 Å². The summed E-state index contributed by atoms with van der Waals surface area (Å²) in [5.41, 5.74) is 0.737. The molecule has 9 heteroatoms. The summed E-state index contributed by atoms with van der Waals surface area (Å²) >= 11 is 0. The molecule has 0 spiro atoms.